The summed E-state index contributed by atoms with van der Waals surface area (Å²) in [5.41, 5.74) is -0.0500. The van der Waals surface area contributed by atoms with Gasteiger partial charge < -0.3 is 10.4 Å². The summed E-state index contributed by atoms with van der Waals surface area (Å²) >= 11 is 0. The van der Waals surface area contributed by atoms with Crippen LogP contribution in [0.3, 0.4) is 0 Å². The van der Waals surface area contributed by atoms with E-state index in [1.54, 1.807) is 0 Å². The predicted octanol–water partition coefficient (Wildman–Crippen LogP) is 2.38. The van der Waals surface area contributed by atoms with Crippen LogP contribution in [0.15, 0.2) is 18.2 Å². The van der Waals surface area contributed by atoms with E-state index in [0.717, 1.165) is 18.2 Å². The maximum atomic E-state index is 13.1. The molecule has 0 saturated heterocycles. The van der Waals surface area contributed by atoms with Gasteiger partial charge in [-0.3, -0.25) is 9.59 Å². The van der Waals surface area contributed by atoms with Crippen LogP contribution < -0.4 is 5.32 Å². The number of carbonyl (C=O) groups excluding carboxylic acids is 1. The Morgan fingerprint density at radius 3 is 2.45 bits per heavy atom. The SMILES string of the molecule is CCC(C)NC(CC(=O)O)C(=O)c1ccc(F)c(F)c1. The molecule has 0 fully saturated rings. The lowest BCUT2D eigenvalue weighted by molar-refractivity contribution is -0.137. The number of carboxylic acids is 1. The third-order valence-electron chi connectivity index (χ3n) is 3.00. The van der Waals surface area contributed by atoms with Gasteiger partial charge in [-0.25, -0.2) is 8.78 Å². The Morgan fingerprint density at radius 2 is 1.95 bits per heavy atom. The van der Waals surface area contributed by atoms with Gasteiger partial charge in [0.15, 0.2) is 17.4 Å². The van der Waals surface area contributed by atoms with E-state index in [9.17, 15) is 18.4 Å². The fourth-order valence-electron chi connectivity index (χ4n) is 1.71. The lowest BCUT2D eigenvalue weighted by Crippen LogP contribution is -2.43. The van der Waals surface area contributed by atoms with Crippen LogP contribution in [0.2, 0.25) is 0 Å². The third-order valence-corrected chi connectivity index (χ3v) is 3.00. The minimum Gasteiger partial charge on any atom is -0.481 e. The average Bonchev–Trinajstić information content (AvgIpc) is 2.39. The zero-order chi connectivity index (χ0) is 15.3. The number of carboxylic acid groups (broad SMARTS) is 1. The molecular weight excluding hydrogens is 268 g/mol. The number of benzene rings is 1. The van der Waals surface area contributed by atoms with Gasteiger partial charge in [-0.15, -0.1) is 0 Å². The fourth-order valence-corrected chi connectivity index (χ4v) is 1.71. The maximum absolute atomic E-state index is 13.1. The Hall–Kier alpha value is -1.82. The molecule has 110 valence electrons. The molecule has 1 rings (SSSR count). The summed E-state index contributed by atoms with van der Waals surface area (Å²) in [7, 11) is 0. The Kier molecular flexibility index (Phi) is 5.76. The molecule has 2 atom stereocenters. The van der Waals surface area contributed by atoms with Gasteiger partial charge in [0.2, 0.25) is 0 Å². The summed E-state index contributed by atoms with van der Waals surface area (Å²) in [6.45, 7) is 3.70. The van der Waals surface area contributed by atoms with E-state index in [1.165, 1.54) is 0 Å². The summed E-state index contributed by atoms with van der Waals surface area (Å²) in [4.78, 5) is 23.0. The van der Waals surface area contributed by atoms with Crippen LogP contribution in [-0.2, 0) is 4.79 Å². The minimum absolute atomic E-state index is 0.0500. The van der Waals surface area contributed by atoms with Crippen molar-refractivity contribution in [3.63, 3.8) is 0 Å². The lowest BCUT2D eigenvalue weighted by atomic mass is 10.00. The highest BCUT2D eigenvalue weighted by atomic mass is 19.2. The molecule has 0 spiro atoms. The number of ketones is 1. The van der Waals surface area contributed by atoms with E-state index in [2.05, 4.69) is 5.32 Å². The first-order valence-corrected chi connectivity index (χ1v) is 6.32. The zero-order valence-corrected chi connectivity index (χ0v) is 11.3. The highest BCUT2D eigenvalue weighted by Gasteiger charge is 2.24. The van der Waals surface area contributed by atoms with Crippen molar-refractivity contribution < 1.29 is 23.5 Å². The molecule has 0 aliphatic rings. The Balaban J connectivity index is 2.96. The number of hydrogen-bond acceptors (Lipinski definition) is 3. The minimum atomic E-state index is -1.14. The van der Waals surface area contributed by atoms with E-state index in [4.69, 9.17) is 5.11 Å². The summed E-state index contributed by atoms with van der Waals surface area (Å²) in [6.07, 6.45) is 0.295. The summed E-state index contributed by atoms with van der Waals surface area (Å²) in [6, 6.07) is 1.75. The van der Waals surface area contributed by atoms with Gasteiger partial charge in [0.1, 0.15) is 0 Å². The topological polar surface area (TPSA) is 66.4 Å². The third kappa shape index (κ3) is 4.38. The van der Waals surface area contributed by atoms with Gasteiger partial charge in [0.05, 0.1) is 12.5 Å². The molecule has 2 unspecified atom stereocenters. The standard InChI is InChI=1S/C14H17F2NO3/c1-3-8(2)17-12(7-13(18)19)14(20)9-4-5-10(15)11(16)6-9/h4-6,8,12,17H,3,7H2,1-2H3,(H,18,19). The molecule has 2 N–H and O–H groups in total. The predicted molar refractivity (Wildman–Crippen MR) is 69.6 cm³/mol. The molecule has 20 heavy (non-hydrogen) atoms. The molecule has 0 aliphatic carbocycles. The van der Waals surface area contributed by atoms with E-state index < -0.39 is 35.8 Å². The van der Waals surface area contributed by atoms with Crippen molar-refractivity contribution in [2.75, 3.05) is 0 Å². The molecule has 1 aromatic rings. The van der Waals surface area contributed by atoms with Crippen LogP contribution in [0, 0.1) is 11.6 Å². The zero-order valence-electron chi connectivity index (χ0n) is 11.3. The second-order valence-corrected chi connectivity index (χ2v) is 4.62. The number of nitrogens with one attached hydrogen (secondary N) is 1. The van der Waals surface area contributed by atoms with Crippen molar-refractivity contribution in [1.82, 2.24) is 5.32 Å². The van der Waals surface area contributed by atoms with Gasteiger partial charge in [-0.2, -0.15) is 0 Å². The van der Waals surface area contributed by atoms with Crippen LogP contribution in [0.4, 0.5) is 8.78 Å². The molecule has 0 heterocycles. The number of halogens is 2. The van der Waals surface area contributed by atoms with Crippen LogP contribution in [0.25, 0.3) is 0 Å². The molecule has 1 aromatic carbocycles. The maximum Gasteiger partial charge on any atom is 0.305 e. The first-order valence-electron chi connectivity index (χ1n) is 6.32. The molecule has 0 aliphatic heterocycles. The van der Waals surface area contributed by atoms with Gasteiger partial charge >= 0.3 is 5.97 Å². The molecular formula is C14H17F2NO3. The van der Waals surface area contributed by atoms with E-state index >= 15 is 0 Å². The Bertz CT molecular complexity index is 505. The molecule has 0 saturated carbocycles. The van der Waals surface area contributed by atoms with Crippen LogP contribution in [-0.4, -0.2) is 28.9 Å². The van der Waals surface area contributed by atoms with Crippen molar-refractivity contribution in [1.29, 1.82) is 0 Å². The van der Waals surface area contributed by atoms with Crippen molar-refractivity contribution in [3.8, 4) is 0 Å². The summed E-state index contributed by atoms with van der Waals surface area (Å²) in [5.74, 6) is -3.88. The Labute approximate surface area is 115 Å². The van der Waals surface area contributed by atoms with Crippen molar-refractivity contribution >= 4 is 11.8 Å². The molecule has 4 nitrogen and oxygen atoms in total. The molecule has 0 bridgehead atoms. The molecule has 0 amide bonds. The second-order valence-electron chi connectivity index (χ2n) is 4.62. The van der Waals surface area contributed by atoms with E-state index in [0.29, 0.717) is 6.42 Å². The number of Topliss-reactive ketones (excluding diaryl/α,β-unsaturated/α-hetero) is 1. The van der Waals surface area contributed by atoms with E-state index in [-0.39, 0.29) is 11.6 Å². The number of rotatable bonds is 7. The van der Waals surface area contributed by atoms with Gasteiger partial charge in [-0.1, -0.05) is 6.92 Å². The summed E-state index contributed by atoms with van der Waals surface area (Å²) in [5, 5.41) is 11.7. The quantitative estimate of drug-likeness (QED) is 0.755. The average molecular weight is 285 g/mol. The highest BCUT2D eigenvalue weighted by Crippen LogP contribution is 2.13. The first-order chi connectivity index (χ1) is 9.35. The monoisotopic (exact) mass is 285 g/mol. The number of aliphatic carboxylic acids is 1. The Morgan fingerprint density at radius 1 is 1.30 bits per heavy atom. The summed E-state index contributed by atoms with van der Waals surface area (Å²) < 4.78 is 26.0. The van der Waals surface area contributed by atoms with Crippen molar-refractivity contribution in [3.05, 3.63) is 35.4 Å². The molecule has 0 radical (unpaired) electrons. The van der Waals surface area contributed by atoms with Crippen molar-refractivity contribution in [2.45, 2.75) is 38.8 Å². The highest BCUT2D eigenvalue weighted by molar-refractivity contribution is 6.01. The van der Waals surface area contributed by atoms with Crippen molar-refractivity contribution in [2.24, 2.45) is 0 Å². The number of carbonyl (C=O) groups is 2. The van der Waals surface area contributed by atoms with Gasteiger partial charge in [-0.05, 0) is 31.5 Å². The van der Waals surface area contributed by atoms with Gasteiger partial charge in [0.25, 0.3) is 0 Å². The molecule has 6 heteroatoms. The fraction of sp³-hybridized carbons (Fsp3) is 0.429. The van der Waals surface area contributed by atoms with E-state index in [1.807, 2.05) is 13.8 Å². The lowest BCUT2D eigenvalue weighted by Gasteiger charge is -2.20. The van der Waals surface area contributed by atoms with Crippen LogP contribution >= 0.6 is 0 Å². The number of hydrogen-bond donors (Lipinski definition) is 2. The van der Waals surface area contributed by atoms with Gasteiger partial charge in [0, 0.05) is 11.6 Å². The smallest absolute Gasteiger partial charge is 0.305 e. The molecule has 0 aromatic heterocycles. The van der Waals surface area contributed by atoms with Crippen LogP contribution in [0.5, 0.6) is 0 Å². The van der Waals surface area contributed by atoms with Crippen LogP contribution in [0.1, 0.15) is 37.0 Å². The first kappa shape index (κ1) is 16.2. The largest absolute Gasteiger partial charge is 0.481 e. The second kappa shape index (κ2) is 7.09. The normalized spacial score (nSPS) is 13.8.